The van der Waals surface area contributed by atoms with Crippen LogP contribution in [0.5, 0.6) is 17.2 Å². The molecule has 1 amide bonds. The quantitative estimate of drug-likeness (QED) is 0.269. The lowest BCUT2D eigenvalue weighted by molar-refractivity contribution is -0.123. The van der Waals surface area contributed by atoms with E-state index in [1.54, 1.807) is 54.6 Å². The molecule has 0 heterocycles. The fourth-order valence-corrected chi connectivity index (χ4v) is 2.46. The molecule has 0 aliphatic rings. The summed E-state index contributed by atoms with van der Waals surface area (Å²) < 4.78 is 16.0. The summed E-state index contributed by atoms with van der Waals surface area (Å²) in [5, 5.41) is 3.90. The van der Waals surface area contributed by atoms with Gasteiger partial charge in [-0.3, -0.25) is 4.79 Å². The van der Waals surface area contributed by atoms with Crippen LogP contribution < -0.4 is 19.6 Å². The molecule has 7 nitrogen and oxygen atoms in total. The van der Waals surface area contributed by atoms with Crippen LogP contribution in [0.2, 0.25) is 0 Å². The van der Waals surface area contributed by atoms with Crippen molar-refractivity contribution in [2.75, 3.05) is 13.7 Å². The molecule has 7 heteroatoms. The van der Waals surface area contributed by atoms with E-state index in [1.165, 1.54) is 13.3 Å². The molecule has 30 heavy (non-hydrogen) atoms. The molecule has 152 valence electrons. The molecule has 0 saturated heterocycles. The van der Waals surface area contributed by atoms with Gasteiger partial charge >= 0.3 is 5.97 Å². The first kappa shape index (κ1) is 20.6. The first-order chi connectivity index (χ1) is 14.7. The number of hydrogen-bond donors (Lipinski definition) is 1. The number of hydrazone groups is 1. The lowest BCUT2D eigenvalue weighted by Crippen LogP contribution is -2.24. The predicted octanol–water partition coefficient (Wildman–Crippen LogP) is 3.44. The molecule has 0 radical (unpaired) electrons. The molecule has 0 unspecified atom stereocenters. The standard InChI is InChI=1S/C23H20N2O5/c1-28-21-14-17(12-13-20(21)30-23(27)18-8-4-2-5-9-18)15-24-25-22(26)16-29-19-10-6-3-7-11-19/h2-15H,16H2,1H3,(H,25,26). The SMILES string of the molecule is COc1cc(C=NNC(=O)COc2ccccc2)ccc1OC(=O)c1ccccc1. The van der Waals surface area contributed by atoms with Gasteiger partial charge in [0.25, 0.3) is 5.91 Å². The third-order valence-corrected chi connectivity index (χ3v) is 3.92. The minimum absolute atomic E-state index is 0.154. The van der Waals surface area contributed by atoms with E-state index >= 15 is 0 Å². The summed E-state index contributed by atoms with van der Waals surface area (Å²) in [6.45, 7) is -0.154. The largest absolute Gasteiger partial charge is 0.493 e. The summed E-state index contributed by atoms with van der Waals surface area (Å²) in [5.41, 5.74) is 3.47. The van der Waals surface area contributed by atoms with Crippen LogP contribution in [0.15, 0.2) is 84.0 Å². The van der Waals surface area contributed by atoms with Crippen LogP contribution in [0.4, 0.5) is 0 Å². The van der Waals surface area contributed by atoms with Gasteiger partial charge in [0.05, 0.1) is 18.9 Å². The third kappa shape index (κ3) is 5.93. The molecule has 0 fully saturated rings. The smallest absolute Gasteiger partial charge is 0.343 e. The number of hydrogen-bond acceptors (Lipinski definition) is 6. The van der Waals surface area contributed by atoms with Gasteiger partial charge in [-0.05, 0) is 48.0 Å². The Morgan fingerprint density at radius 3 is 2.33 bits per heavy atom. The van der Waals surface area contributed by atoms with Crippen molar-refractivity contribution in [2.45, 2.75) is 0 Å². The number of benzene rings is 3. The molecular weight excluding hydrogens is 384 g/mol. The second kappa shape index (κ2) is 10.4. The number of nitrogens with zero attached hydrogens (tertiary/aromatic N) is 1. The fraction of sp³-hybridized carbons (Fsp3) is 0.0870. The topological polar surface area (TPSA) is 86.2 Å². The van der Waals surface area contributed by atoms with Gasteiger partial charge in [-0.1, -0.05) is 36.4 Å². The van der Waals surface area contributed by atoms with E-state index in [2.05, 4.69) is 10.5 Å². The summed E-state index contributed by atoms with van der Waals surface area (Å²) in [7, 11) is 1.47. The van der Waals surface area contributed by atoms with Gasteiger partial charge in [-0.25, -0.2) is 10.2 Å². The van der Waals surface area contributed by atoms with Gasteiger partial charge in [0.2, 0.25) is 0 Å². The molecule has 3 aromatic rings. The lowest BCUT2D eigenvalue weighted by Gasteiger charge is -2.10. The van der Waals surface area contributed by atoms with Crippen molar-refractivity contribution in [3.05, 3.63) is 90.0 Å². The Labute approximate surface area is 173 Å². The van der Waals surface area contributed by atoms with Crippen molar-refractivity contribution in [1.82, 2.24) is 5.43 Å². The monoisotopic (exact) mass is 404 g/mol. The van der Waals surface area contributed by atoms with Crippen molar-refractivity contribution < 1.29 is 23.8 Å². The maximum absolute atomic E-state index is 12.2. The van der Waals surface area contributed by atoms with Crippen LogP contribution >= 0.6 is 0 Å². The minimum Gasteiger partial charge on any atom is -0.493 e. The molecule has 0 saturated carbocycles. The molecule has 3 aromatic carbocycles. The Hall–Kier alpha value is -4.13. The Morgan fingerprint density at radius 1 is 0.933 bits per heavy atom. The molecule has 1 N–H and O–H groups in total. The first-order valence-electron chi connectivity index (χ1n) is 9.11. The normalized spacial score (nSPS) is 10.4. The Morgan fingerprint density at radius 2 is 1.63 bits per heavy atom. The highest BCUT2D eigenvalue weighted by Crippen LogP contribution is 2.28. The zero-order valence-corrected chi connectivity index (χ0v) is 16.3. The number of carbonyl (C=O) groups is 2. The summed E-state index contributed by atoms with van der Waals surface area (Å²) >= 11 is 0. The number of nitrogens with one attached hydrogen (secondary N) is 1. The van der Waals surface area contributed by atoms with E-state index in [4.69, 9.17) is 14.2 Å². The summed E-state index contributed by atoms with van der Waals surface area (Å²) in [6.07, 6.45) is 1.45. The number of esters is 1. The number of ether oxygens (including phenoxy) is 3. The van der Waals surface area contributed by atoms with E-state index in [0.717, 1.165) is 0 Å². The minimum atomic E-state index is -0.485. The Kier molecular flexibility index (Phi) is 7.16. The number of methoxy groups -OCH3 is 1. The van der Waals surface area contributed by atoms with Crippen molar-refractivity contribution in [3.63, 3.8) is 0 Å². The van der Waals surface area contributed by atoms with Gasteiger partial charge in [-0.15, -0.1) is 0 Å². The molecule has 0 aliphatic carbocycles. The Bertz CT molecular complexity index is 1020. The molecule has 3 rings (SSSR count). The summed E-state index contributed by atoms with van der Waals surface area (Å²) in [5.74, 6) is 0.365. The number of carbonyl (C=O) groups excluding carboxylic acids is 2. The zero-order valence-electron chi connectivity index (χ0n) is 16.3. The second-order valence-corrected chi connectivity index (χ2v) is 6.06. The van der Waals surface area contributed by atoms with Gasteiger partial charge in [0.1, 0.15) is 5.75 Å². The predicted molar refractivity (Wildman–Crippen MR) is 112 cm³/mol. The molecular formula is C23H20N2O5. The maximum Gasteiger partial charge on any atom is 0.343 e. The molecule has 0 aliphatic heterocycles. The summed E-state index contributed by atoms with van der Waals surface area (Å²) in [4.78, 5) is 24.0. The fourth-order valence-electron chi connectivity index (χ4n) is 2.46. The van der Waals surface area contributed by atoms with E-state index in [0.29, 0.717) is 22.6 Å². The van der Waals surface area contributed by atoms with Crippen molar-refractivity contribution in [1.29, 1.82) is 0 Å². The third-order valence-electron chi connectivity index (χ3n) is 3.92. The number of amides is 1. The molecule has 0 aromatic heterocycles. The molecule has 0 bridgehead atoms. The van der Waals surface area contributed by atoms with Gasteiger partial charge < -0.3 is 14.2 Å². The van der Waals surface area contributed by atoms with Crippen LogP contribution in [0.3, 0.4) is 0 Å². The van der Waals surface area contributed by atoms with E-state index in [1.807, 2.05) is 24.3 Å². The van der Waals surface area contributed by atoms with E-state index in [-0.39, 0.29) is 12.4 Å². The van der Waals surface area contributed by atoms with E-state index in [9.17, 15) is 9.59 Å². The van der Waals surface area contributed by atoms with Crippen molar-refractivity contribution in [2.24, 2.45) is 5.10 Å². The average Bonchev–Trinajstić information content (AvgIpc) is 2.79. The van der Waals surface area contributed by atoms with Crippen LogP contribution in [0, 0.1) is 0 Å². The van der Waals surface area contributed by atoms with Crippen LogP contribution in [-0.2, 0) is 4.79 Å². The highest BCUT2D eigenvalue weighted by molar-refractivity contribution is 5.91. The van der Waals surface area contributed by atoms with E-state index < -0.39 is 11.9 Å². The number of para-hydroxylation sites is 1. The van der Waals surface area contributed by atoms with Crippen LogP contribution in [0.1, 0.15) is 15.9 Å². The maximum atomic E-state index is 12.2. The van der Waals surface area contributed by atoms with Gasteiger partial charge in [-0.2, -0.15) is 5.10 Å². The second-order valence-electron chi connectivity index (χ2n) is 6.06. The zero-order chi connectivity index (χ0) is 21.2. The molecule has 0 atom stereocenters. The Balaban J connectivity index is 1.56. The van der Waals surface area contributed by atoms with Gasteiger partial charge in [0, 0.05) is 0 Å². The van der Waals surface area contributed by atoms with Crippen molar-refractivity contribution in [3.8, 4) is 17.2 Å². The highest BCUT2D eigenvalue weighted by Gasteiger charge is 2.12. The lowest BCUT2D eigenvalue weighted by atomic mass is 10.2. The van der Waals surface area contributed by atoms with Crippen LogP contribution in [-0.4, -0.2) is 31.8 Å². The van der Waals surface area contributed by atoms with Crippen LogP contribution in [0.25, 0.3) is 0 Å². The first-order valence-corrected chi connectivity index (χ1v) is 9.11. The summed E-state index contributed by atoms with van der Waals surface area (Å²) in [6, 6.07) is 22.6. The molecule has 0 spiro atoms. The number of rotatable bonds is 8. The highest BCUT2D eigenvalue weighted by atomic mass is 16.6. The van der Waals surface area contributed by atoms with Gasteiger partial charge in [0.15, 0.2) is 18.1 Å². The van der Waals surface area contributed by atoms with Crippen molar-refractivity contribution >= 4 is 18.1 Å². The average molecular weight is 404 g/mol.